The van der Waals surface area contributed by atoms with Gasteiger partial charge in [-0.2, -0.15) is 0 Å². The van der Waals surface area contributed by atoms with Crippen molar-refractivity contribution in [2.45, 2.75) is 20.3 Å². The Morgan fingerprint density at radius 1 is 1.15 bits per heavy atom. The van der Waals surface area contributed by atoms with Crippen molar-refractivity contribution in [1.82, 2.24) is 5.32 Å². The quantitative estimate of drug-likeness (QED) is 0.631. The molecule has 0 spiro atoms. The Morgan fingerprint density at radius 2 is 1.85 bits per heavy atom. The van der Waals surface area contributed by atoms with E-state index in [4.69, 9.17) is 22.1 Å². The maximum atomic E-state index is 12.2. The van der Waals surface area contributed by atoms with E-state index < -0.39 is 0 Å². The predicted octanol–water partition coefficient (Wildman–Crippen LogP) is 3.73. The highest BCUT2D eigenvalue weighted by atomic mass is 35.5. The van der Waals surface area contributed by atoms with Crippen LogP contribution in [0.2, 0.25) is 5.02 Å². The van der Waals surface area contributed by atoms with E-state index in [1.165, 1.54) is 7.11 Å². The van der Waals surface area contributed by atoms with Crippen molar-refractivity contribution in [2.75, 3.05) is 24.7 Å². The predicted molar refractivity (Wildman–Crippen MR) is 111 cm³/mol. The van der Waals surface area contributed by atoms with Crippen molar-refractivity contribution in [1.29, 1.82) is 0 Å². The molecule has 4 N–H and O–H groups in total. The van der Waals surface area contributed by atoms with Gasteiger partial charge in [-0.25, -0.2) is 0 Å². The lowest BCUT2D eigenvalue weighted by atomic mass is 10.1. The first-order valence-corrected chi connectivity index (χ1v) is 8.48. The maximum absolute atomic E-state index is 12.2. The van der Waals surface area contributed by atoms with E-state index in [0.29, 0.717) is 27.7 Å². The molecule has 0 aromatic heterocycles. The van der Waals surface area contributed by atoms with Crippen molar-refractivity contribution in [3.05, 3.63) is 52.0 Å². The number of nitrogens with two attached hydrogens (primary N) is 1. The fourth-order valence-corrected chi connectivity index (χ4v) is 2.57. The highest BCUT2D eigenvalue weighted by molar-refractivity contribution is 6.31. The number of hydrogen-bond acceptors (Lipinski definition) is 4. The summed E-state index contributed by atoms with van der Waals surface area (Å²) in [6, 6.07) is 8.53. The summed E-state index contributed by atoms with van der Waals surface area (Å²) in [4.78, 5) is 24.4. The van der Waals surface area contributed by atoms with Crippen molar-refractivity contribution < 1.29 is 14.3 Å². The van der Waals surface area contributed by atoms with Gasteiger partial charge < -0.3 is 21.1 Å². The number of benzene rings is 2. The number of nitrogens with one attached hydrogen (secondary N) is 2. The van der Waals surface area contributed by atoms with Crippen LogP contribution >= 0.6 is 24.0 Å². The molecule has 0 heterocycles. The largest absolute Gasteiger partial charge is 0.495 e. The molecule has 6 nitrogen and oxygen atoms in total. The van der Waals surface area contributed by atoms with Crippen LogP contribution in [0.3, 0.4) is 0 Å². The Bertz CT molecular complexity index is 841. The van der Waals surface area contributed by atoms with Gasteiger partial charge in [0.2, 0.25) is 5.91 Å². The molecule has 2 aromatic carbocycles. The van der Waals surface area contributed by atoms with Gasteiger partial charge in [0.05, 0.1) is 12.8 Å². The summed E-state index contributed by atoms with van der Waals surface area (Å²) in [6.45, 7) is 3.87. The van der Waals surface area contributed by atoms with Gasteiger partial charge in [-0.1, -0.05) is 17.7 Å². The molecule has 0 radical (unpaired) electrons. The lowest BCUT2D eigenvalue weighted by Crippen LogP contribution is -2.28. The first-order valence-electron chi connectivity index (χ1n) is 8.10. The number of ether oxygens (including phenoxy) is 1. The summed E-state index contributed by atoms with van der Waals surface area (Å²) in [5.41, 5.74) is 8.92. The normalized spacial score (nSPS) is 9.93. The SMILES string of the molecule is COc1cc(Cl)c(C)cc1NC(=O)CCNC(=O)c1cc(N)ccc1C.Cl. The van der Waals surface area contributed by atoms with E-state index in [0.717, 1.165) is 11.1 Å². The van der Waals surface area contributed by atoms with Gasteiger partial charge >= 0.3 is 0 Å². The van der Waals surface area contributed by atoms with Crippen LogP contribution in [0.4, 0.5) is 11.4 Å². The second-order valence-corrected chi connectivity index (χ2v) is 6.34. The summed E-state index contributed by atoms with van der Waals surface area (Å²) >= 11 is 6.05. The molecule has 0 aliphatic carbocycles. The zero-order valence-electron chi connectivity index (χ0n) is 15.4. The molecular formula is C19H23Cl2N3O3. The smallest absolute Gasteiger partial charge is 0.251 e. The van der Waals surface area contributed by atoms with E-state index in [1.807, 2.05) is 13.8 Å². The summed E-state index contributed by atoms with van der Waals surface area (Å²) in [7, 11) is 1.50. The van der Waals surface area contributed by atoms with E-state index in [-0.39, 0.29) is 37.2 Å². The number of carbonyl (C=O) groups excluding carboxylic acids is 2. The minimum absolute atomic E-state index is 0. The van der Waals surface area contributed by atoms with Crippen LogP contribution in [-0.2, 0) is 4.79 Å². The van der Waals surface area contributed by atoms with Crippen LogP contribution in [0, 0.1) is 13.8 Å². The molecule has 8 heteroatoms. The van der Waals surface area contributed by atoms with Crippen LogP contribution < -0.4 is 21.1 Å². The van der Waals surface area contributed by atoms with Gasteiger partial charge in [0.25, 0.3) is 5.91 Å². The van der Waals surface area contributed by atoms with Gasteiger partial charge in [0, 0.05) is 35.3 Å². The monoisotopic (exact) mass is 411 g/mol. The maximum Gasteiger partial charge on any atom is 0.251 e. The molecule has 0 saturated heterocycles. The third-order valence-corrected chi connectivity index (χ3v) is 4.31. The molecule has 0 aliphatic heterocycles. The van der Waals surface area contributed by atoms with E-state index in [9.17, 15) is 9.59 Å². The van der Waals surface area contributed by atoms with Crippen LogP contribution in [0.1, 0.15) is 27.9 Å². The van der Waals surface area contributed by atoms with Crippen molar-refractivity contribution >= 4 is 47.2 Å². The number of hydrogen-bond donors (Lipinski definition) is 3. The fraction of sp³-hybridized carbons (Fsp3) is 0.263. The number of amides is 2. The number of rotatable bonds is 6. The Labute approximate surface area is 169 Å². The molecule has 2 aromatic rings. The van der Waals surface area contributed by atoms with Crippen LogP contribution in [0.5, 0.6) is 5.75 Å². The third-order valence-electron chi connectivity index (χ3n) is 3.90. The number of nitrogen functional groups attached to an aromatic ring is 1. The van der Waals surface area contributed by atoms with Gasteiger partial charge in [0.15, 0.2) is 0 Å². The minimum atomic E-state index is -0.262. The second kappa shape index (κ2) is 10.0. The van der Waals surface area contributed by atoms with Crippen molar-refractivity contribution in [2.24, 2.45) is 0 Å². The van der Waals surface area contributed by atoms with Crippen LogP contribution in [0.25, 0.3) is 0 Å². The molecule has 0 saturated carbocycles. The fourth-order valence-electron chi connectivity index (χ4n) is 2.41. The molecule has 2 rings (SSSR count). The zero-order valence-corrected chi connectivity index (χ0v) is 17.0. The van der Waals surface area contributed by atoms with Gasteiger partial charge in [-0.05, 0) is 43.2 Å². The average molecular weight is 412 g/mol. The van der Waals surface area contributed by atoms with Crippen LogP contribution in [0.15, 0.2) is 30.3 Å². The second-order valence-electron chi connectivity index (χ2n) is 5.93. The number of halogens is 2. The summed E-state index contributed by atoms with van der Waals surface area (Å²) in [5.74, 6) is -0.0227. The highest BCUT2D eigenvalue weighted by Gasteiger charge is 2.12. The standard InChI is InChI=1S/C19H22ClN3O3.ClH/c1-11-4-5-13(21)9-14(11)19(25)22-7-6-18(24)23-16-8-12(2)15(20)10-17(16)26-3;/h4-5,8-10H,6-7,21H2,1-3H3,(H,22,25)(H,23,24);1H. The Hall–Kier alpha value is -2.44. The Morgan fingerprint density at radius 3 is 2.52 bits per heavy atom. The molecule has 0 unspecified atom stereocenters. The number of anilines is 2. The third kappa shape index (κ3) is 6.05. The minimum Gasteiger partial charge on any atom is -0.495 e. The molecule has 0 fully saturated rings. The molecule has 0 aliphatic rings. The Kier molecular flexibility index (Phi) is 8.40. The molecular weight excluding hydrogens is 389 g/mol. The van der Waals surface area contributed by atoms with Gasteiger partial charge in [0.1, 0.15) is 5.75 Å². The lowest BCUT2D eigenvalue weighted by molar-refractivity contribution is -0.116. The molecule has 27 heavy (non-hydrogen) atoms. The van der Waals surface area contributed by atoms with E-state index >= 15 is 0 Å². The molecule has 2 amide bonds. The number of carbonyl (C=O) groups is 2. The lowest BCUT2D eigenvalue weighted by Gasteiger charge is -2.13. The average Bonchev–Trinajstić information content (AvgIpc) is 2.59. The topological polar surface area (TPSA) is 93.5 Å². The van der Waals surface area contributed by atoms with E-state index in [2.05, 4.69) is 10.6 Å². The first kappa shape index (κ1) is 22.6. The number of aryl methyl sites for hydroxylation is 2. The zero-order chi connectivity index (χ0) is 19.3. The van der Waals surface area contributed by atoms with Crippen molar-refractivity contribution in [3.63, 3.8) is 0 Å². The Balaban J connectivity index is 0.00000364. The summed E-state index contributed by atoms with van der Waals surface area (Å²) in [6.07, 6.45) is 0.123. The van der Waals surface area contributed by atoms with E-state index in [1.54, 1.807) is 30.3 Å². The van der Waals surface area contributed by atoms with Gasteiger partial charge in [-0.3, -0.25) is 9.59 Å². The molecule has 0 atom stereocenters. The summed E-state index contributed by atoms with van der Waals surface area (Å²) in [5, 5.41) is 6.05. The first-order chi connectivity index (χ1) is 12.3. The molecule has 0 bridgehead atoms. The number of methoxy groups -OCH3 is 1. The van der Waals surface area contributed by atoms with Crippen LogP contribution in [-0.4, -0.2) is 25.5 Å². The highest BCUT2D eigenvalue weighted by Crippen LogP contribution is 2.30. The van der Waals surface area contributed by atoms with Gasteiger partial charge in [-0.15, -0.1) is 12.4 Å². The van der Waals surface area contributed by atoms with Crippen molar-refractivity contribution in [3.8, 4) is 5.75 Å². The summed E-state index contributed by atoms with van der Waals surface area (Å²) < 4.78 is 5.23. The molecule has 146 valence electrons.